The molecule has 1 aromatic heterocycles. The van der Waals surface area contributed by atoms with Crippen molar-refractivity contribution < 1.29 is 14.7 Å². The third kappa shape index (κ3) is 3.62. The Balaban J connectivity index is 2.48. The van der Waals surface area contributed by atoms with Gasteiger partial charge in [0.2, 0.25) is 0 Å². The van der Waals surface area contributed by atoms with Crippen LogP contribution in [0.15, 0.2) is 35.7 Å². The highest BCUT2D eigenvalue weighted by Gasteiger charge is 2.24. The minimum absolute atomic E-state index is 0.0336. The molecule has 0 aliphatic carbocycles. The molecule has 1 amide bonds. The highest BCUT2D eigenvalue weighted by molar-refractivity contribution is 7.12. The average molecular weight is 331 g/mol. The summed E-state index contributed by atoms with van der Waals surface area (Å²) < 4.78 is 0. The first-order valence-corrected chi connectivity index (χ1v) is 8.44. The Bertz CT molecular complexity index is 711. The Morgan fingerprint density at radius 2 is 1.70 bits per heavy atom. The molecule has 2 aromatic rings. The summed E-state index contributed by atoms with van der Waals surface area (Å²) in [4.78, 5) is 26.2. The molecule has 0 aliphatic heterocycles. The lowest BCUT2D eigenvalue weighted by molar-refractivity contribution is 0.0643. The monoisotopic (exact) mass is 331 g/mol. The smallest absolute Gasteiger partial charge is 0.345 e. The number of benzene rings is 1. The van der Waals surface area contributed by atoms with Crippen LogP contribution in [0.4, 0.5) is 0 Å². The Morgan fingerprint density at radius 1 is 1.09 bits per heavy atom. The summed E-state index contributed by atoms with van der Waals surface area (Å²) in [5, 5.41) is 10.9. The van der Waals surface area contributed by atoms with Crippen molar-refractivity contribution in [3.63, 3.8) is 0 Å². The van der Waals surface area contributed by atoms with Crippen LogP contribution in [-0.2, 0) is 0 Å². The van der Waals surface area contributed by atoms with Gasteiger partial charge in [-0.2, -0.15) is 0 Å². The van der Waals surface area contributed by atoms with E-state index in [1.165, 1.54) is 11.3 Å². The number of carboxylic acid groups (broad SMARTS) is 1. The van der Waals surface area contributed by atoms with Crippen LogP contribution in [-0.4, -0.2) is 34.0 Å². The second kappa shape index (κ2) is 6.96. The van der Waals surface area contributed by atoms with E-state index in [4.69, 9.17) is 5.11 Å². The van der Waals surface area contributed by atoms with Crippen LogP contribution < -0.4 is 0 Å². The highest BCUT2D eigenvalue weighted by atomic mass is 32.1. The number of hydrogen-bond donors (Lipinski definition) is 1. The Hall–Kier alpha value is -2.14. The molecule has 0 spiro atoms. The first-order valence-electron chi connectivity index (χ1n) is 7.56. The van der Waals surface area contributed by atoms with Crippen LogP contribution in [0.25, 0.3) is 11.1 Å². The predicted molar refractivity (Wildman–Crippen MR) is 93.2 cm³/mol. The molecule has 0 aliphatic rings. The van der Waals surface area contributed by atoms with Crippen molar-refractivity contribution >= 4 is 23.2 Å². The largest absolute Gasteiger partial charge is 0.477 e. The summed E-state index contributed by atoms with van der Waals surface area (Å²) >= 11 is 1.17. The number of aromatic carboxylic acids is 1. The molecule has 0 bridgehead atoms. The summed E-state index contributed by atoms with van der Waals surface area (Å²) in [7, 11) is 0. The minimum atomic E-state index is -0.948. The molecule has 1 N–H and O–H groups in total. The number of thiophene rings is 1. The number of carboxylic acids is 1. The maximum Gasteiger partial charge on any atom is 0.345 e. The number of hydrogen-bond acceptors (Lipinski definition) is 3. The van der Waals surface area contributed by atoms with Gasteiger partial charge in [-0.1, -0.05) is 18.2 Å². The zero-order valence-electron chi connectivity index (χ0n) is 13.7. The molecule has 0 saturated heterocycles. The molecule has 0 saturated carbocycles. The number of amides is 1. The lowest BCUT2D eigenvalue weighted by Crippen LogP contribution is -2.42. The van der Waals surface area contributed by atoms with E-state index in [1.54, 1.807) is 17.5 Å². The normalized spacial score (nSPS) is 11.0. The van der Waals surface area contributed by atoms with Gasteiger partial charge in [0, 0.05) is 17.6 Å². The molecular weight excluding hydrogens is 310 g/mol. The quantitative estimate of drug-likeness (QED) is 0.885. The van der Waals surface area contributed by atoms with Crippen LogP contribution in [0.2, 0.25) is 0 Å². The fourth-order valence-corrected chi connectivity index (χ4v) is 3.46. The summed E-state index contributed by atoms with van der Waals surface area (Å²) in [6.45, 7) is 7.97. The first kappa shape index (κ1) is 17.2. The van der Waals surface area contributed by atoms with Crippen LogP contribution in [0, 0.1) is 0 Å². The fourth-order valence-electron chi connectivity index (χ4n) is 2.72. The van der Waals surface area contributed by atoms with Gasteiger partial charge in [0.25, 0.3) is 5.91 Å². The van der Waals surface area contributed by atoms with E-state index >= 15 is 0 Å². The fraction of sp³-hybridized carbons (Fsp3) is 0.333. The van der Waals surface area contributed by atoms with Crippen LogP contribution >= 0.6 is 11.3 Å². The molecule has 0 radical (unpaired) electrons. The van der Waals surface area contributed by atoms with E-state index in [2.05, 4.69) is 0 Å². The van der Waals surface area contributed by atoms with E-state index < -0.39 is 5.97 Å². The van der Waals surface area contributed by atoms with Gasteiger partial charge in [-0.05, 0) is 56.3 Å². The number of nitrogens with zero attached hydrogens (tertiary/aromatic N) is 1. The summed E-state index contributed by atoms with van der Waals surface area (Å²) in [5.74, 6) is -0.982. The first-order chi connectivity index (χ1) is 10.8. The standard InChI is InChI=1S/C18H21NO3S/c1-11(2)19(12(3)4)17(20)15-8-6-5-7-14(15)13-9-16(18(21)22)23-10-13/h5-12H,1-4H3,(H,21,22). The Morgan fingerprint density at radius 3 is 2.22 bits per heavy atom. The number of carbonyl (C=O) groups is 2. The van der Waals surface area contributed by atoms with Crippen molar-refractivity contribution in [3.05, 3.63) is 46.2 Å². The topological polar surface area (TPSA) is 57.6 Å². The van der Waals surface area contributed by atoms with E-state index in [0.717, 1.165) is 11.1 Å². The van der Waals surface area contributed by atoms with Crippen molar-refractivity contribution in [3.8, 4) is 11.1 Å². The van der Waals surface area contributed by atoms with E-state index in [9.17, 15) is 9.59 Å². The van der Waals surface area contributed by atoms with E-state index in [1.807, 2.05) is 50.8 Å². The molecular formula is C18H21NO3S. The van der Waals surface area contributed by atoms with Gasteiger partial charge in [0.1, 0.15) is 4.88 Å². The number of rotatable bonds is 5. The molecule has 0 fully saturated rings. The molecule has 0 atom stereocenters. The van der Waals surface area contributed by atoms with Gasteiger partial charge in [-0.25, -0.2) is 4.79 Å². The Kier molecular flexibility index (Phi) is 5.21. The molecule has 122 valence electrons. The van der Waals surface area contributed by atoms with Gasteiger partial charge in [-0.15, -0.1) is 11.3 Å². The van der Waals surface area contributed by atoms with Crippen LogP contribution in [0.1, 0.15) is 47.7 Å². The van der Waals surface area contributed by atoms with Gasteiger partial charge in [0.05, 0.1) is 0 Å². The van der Waals surface area contributed by atoms with Gasteiger partial charge in [-0.3, -0.25) is 4.79 Å². The van der Waals surface area contributed by atoms with Crippen molar-refractivity contribution in [1.29, 1.82) is 0 Å². The Labute approximate surface area is 140 Å². The molecule has 2 rings (SSSR count). The summed E-state index contributed by atoms with van der Waals surface area (Å²) in [6.07, 6.45) is 0. The third-order valence-corrected chi connectivity index (χ3v) is 4.54. The third-order valence-electron chi connectivity index (χ3n) is 3.63. The van der Waals surface area contributed by atoms with Crippen molar-refractivity contribution in [1.82, 2.24) is 4.90 Å². The van der Waals surface area contributed by atoms with E-state index in [-0.39, 0.29) is 22.9 Å². The summed E-state index contributed by atoms with van der Waals surface area (Å²) in [5.41, 5.74) is 2.14. The molecule has 0 unspecified atom stereocenters. The maximum atomic E-state index is 13.0. The second-order valence-electron chi connectivity index (χ2n) is 5.95. The zero-order chi connectivity index (χ0) is 17.1. The molecule has 23 heavy (non-hydrogen) atoms. The van der Waals surface area contributed by atoms with E-state index in [0.29, 0.717) is 5.56 Å². The molecule has 1 aromatic carbocycles. The van der Waals surface area contributed by atoms with Gasteiger partial charge >= 0.3 is 5.97 Å². The SMILES string of the molecule is CC(C)N(C(=O)c1ccccc1-c1csc(C(=O)O)c1)C(C)C. The van der Waals surface area contributed by atoms with Crippen LogP contribution in [0.3, 0.4) is 0 Å². The van der Waals surface area contributed by atoms with Crippen molar-refractivity contribution in [2.24, 2.45) is 0 Å². The minimum Gasteiger partial charge on any atom is -0.477 e. The van der Waals surface area contributed by atoms with Crippen molar-refractivity contribution in [2.75, 3.05) is 0 Å². The lowest BCUT2D eigenvalue weighted by atomic mass is 10.00. The van der Waals surface area contributed by atoms with Crippen molar-refractivity contribution in [2.45, 2.75) is 39.8 Å². The summed E-state index contributed by atoms with van der Waals surface area (Å²) in [6, 6.07) is 9.15. The van der Waals surface area contributed by atoms with Gasteiger partial charge in [0.15, 0.2) is 0 Å². The maximum absolute atomic E-state index is 13.0. The number of carbonyl (C=O) groups excluding carboxylic acids is 1. The average Bonchev–Trinajstić information content (AvgIpc) is 2.96. The highest BCUT2D eigenvalue weighted by Crippen LogP contribution is 2.30. The predicted octanol–water partition coefficient (Wildman–Crippen LogP) is 4.37. The zero-order valence-corrected chi connectivity index (χ0v) is 14.6. The van der Waals surface area contributed by atoms with Crippen LogP contribution in [0.5, 0.6) is 0 Å². The molecule has 4 nitrogen and oxygen atoms in total. The second-order valence-corrected chi connectivity index (χ2v) is 6.86. The lowest BCUT2D eigenvalue weighted by Gasteiger charge is -2.31. The molecule has 5 heteroatoms. The molecule has 1 heterocycles. The van der Waals surface area contributed by atoms with Gasteiger partial charge < -0.3 is 10.0 Å².